The first-order chi connectivity index (χ1) is 8.64. The molecule has 1 aliphatic rings. The molecule has 19 heavy (non-hydrogen) atoms. The van der Waals surface area contributed by atoms with E-state index in [-0.39, 0.29) is 24.8 Å². The Morgan fingerprint density at radius 2 is 2.05 bits per heavy atom. The van der Waals surface area contributed by atoms with Crippen molar-refractivity contribution in [3.63, 3.8) is 0 Å². The number of carbonyl (C=O) groups excluding carboxylic acids is 2. The predicted molar refractivity (Wildman–Crippen MR) is 69.5 cm³/mol. The Balaban J connectivity index is 2.57. The summed E-state index contributed by atoms with van der Waals surface area (Å²) in [6.07, 6.45) is 1.06. The Kier molecular flexibility index (Phi) is 4.35. The molecule has 2 N–H and O–H groups in total. The smallest absolute Gasteiger partial charge is 0.323 e. The molecule has 1 fully saturated rings. The molecule has 0 aromatic rings. The fourth-order valence-electron chi connectivity index (χ4n) is 2.18. The number of likely N-dealkylation sites (N-methyl/N-ethyl adjacent to an activating group) is 1. The van der Waals surface area contributed by atoms with Crippen LogP contribution in [-0.2, 0) is 14.4 Å². The van der Waals surface area contributed by atoms with E-state index in [0.29, 0.717) is 12.8 Å². The molecule has 6 nitrogen and oxygen atoms in total. The van der Waals surface area contributed by atoms with E-state index in [1.165, 1.54) is 4.90 Å². The number of carbonyl (C=O) groups is 3. The highest BCUT2D eigenvalue weighted by atomic mass is 16.4. The van der Waals surface area contributed by atoms with Crippen LogP contribution in [0.1, 0.15) is 40.0 Å². The highest BCUT2D eigenvalue weighted by Gasteiger charge is 2.44. The molecule has 0 aliphatic carbocycles. The van der Waals surface area contributed by atoms with Crippen molar-refractivity contribution in [2.45, 2.75) is 45.6 Å². The number of amides is 2. The van der Waals surface area contributed by atoms with Gasteiger partial charge >= 0.3 is 5.97 Å². The summed E-state index contributed by atoms with van der Waals surface area (Å²) in [6, 6.07) is 0. The van der Waals surface area contributed by atoms with Crippen LogP contribution < -0.4 is 5.32 Å². The number of nitrogens with one attached hydrogen (secondary N) is 1. The highest BCUT2D eigenvalue weighted by molar-refractivity contribution is 6.05. The lowest BCUT2D eigenvalue weighted by Gasteiger charge is -2.25. The molecule has 1 rings (SSSR count). The van der Waals surface area contributed by atoms with Crippen molar-refractivity contribution < 1.29 is 19.5 Å². The largest absolute Gasteiger partial charge is 0.480 e. The fraction of sp³-hybridized carbons (Fsp3) is 0.769. The Morgan fingerprint density at radius 1 is 1.47 bits per heavy atom. The number of imide groups is 1. The van der Waals surface area contributed by atoms with Crippen molar-refractivity contribution in [1.82, 2.24) is 10.2 Å². The third kappa shape index (κ3) is 3.12. The molecular formula is C13H22N2O4. The van der Waals surface area contributed by atoms with Crippen molar-refractivity contribution in [3.05, 3.63) is 0 Å². The molecule has 1 atom stereocenters. The maximum Gasteiger partial charge on any atom is 0.323 e. The standard InChI is InChI=1S/C13H22N2O4/c1-12(2)8-9(16)15(10(12)17)7-5-6-13(3,14-4)11(18)19/h14H,5-8H2,1-4H3,(H,18,19). The third-order valence-corrected chi connectivity index (χ3v) is 3.80. The summed E-state index contributed by atoms with van der Waals surface area (Å²) in [6.45, 7) is 5.38. The van der Waals surface area contributed by atoms with E-state index < -0.39 is 16.9 Å². The molecule has 1 aliphatic heterocycles. The van der Waals surface area contributed by atoms with Crippen molar-refractivity contribution in [2.24, 2.45) is 5.41 Å². The number of carboxylic acid groups (broad SMARTS) is 1. The number of likely N-dealkylation sites (tertiary alicyclic amines) is 1. The average molecular weight is 270 g/mol. The molecule has 2 amide bonds. The zero-order valence-corrected chi connectivity index (χ0v) is 11.9. The first kappa shape index (κ1) is 15.6. The molecular weight excluding hydrogens is 248 g/mol. The van der Waals surface area contributed by atoms with Crippen LogP contribution in [0, 0.1) is 5.41 Å². The number of rotatable bonds is 6. The molecule has 0 bridgehead atoms. The molecule has 1 saturated heterocycles. The van der Waals surface area contributed by atoms with Crippen LogP contribution in [-0.4, -0.2) is 46.9 Å². The van der Waals surface area contributed by atoms with Gasteiger partial charge in [0.15, 0.2) is 0 Å². The van der Waals surface area contributed by atoms with Gasteiger partial charge in [0.25, 0.3) is 0 Å². The van der Waals surface area contributed by atoms with E-state index >= 15 is 0 Å². The van der Waals surface area contributed by atoms with Crippen LogP contribution in [0.25, 0.3) is 0 Å². The number of hydrogen-bond acceptors (Lipinski definition) is 4. The normalized spacial score (nSPS) is 21.6. The SMILES string of the molecule is CNC(C)(CCCN1C(=O)CC(C)(C)C1=O)C(=O)O. The van der Waals surface area contributed by atoms with E-state index in [1.807, 2.05) is 0 Å². The van der Waals surface area contributed by atoms with Crippen molar-refractivity contribution in [3.8, 4) is 0 Å². The monoisotopic (exact) mass is 270 g/mol. The van der Waals surface area contributed by atoms with Gasteiger partial charge in [-0.3, -0.25) is 19.3 Å². The molecule has 1 heterocycles. The van der Waals surface area contributed by atoms with Gasteiger partial charge < -0.3 is 10.4 Å². The quantitative estimate of drug-likeness (QED) is 0.691. The second-order valence-corrected chi connectivity index (χ2v) is 5.90. The second kappa shape index (κ2) is 5.28. The second-order valence-electron chi connectivity index (χ2n) is 5.90. The van der Waals surface area contributed by atoms with Gasteiger partial charge in [-0.1, -0.05) is 13.8 Å². The lowest BCUT2D eigenvalue weighted by Crippen LogP contribution is -2.48. The maximum absolute atomic E-state index is 12.0. The van der Waals surface area contributed by atoms with E-state index in [0.717, 1.165) is 0 Å². The summed E-state index contributed by atoms with van der Waals surface area (Å²) < 4.78 is 0. The lowest BCUT2D eigenvalue weighted by molar-refractivity contribution is -0.144. The van der Waals surface area contributed by atoms with E-state index in [9.17, 15) is 14.4 Å². The van der Waals surface area contributed by atoms with Crippen LogP contribution in [0.5, 0.6) is 0 Å². The molecule has 0 aromatic heterocycles. The zero-order valence-electron chi connectivity index (χ0n) is 11.9. The van der Waals surface area contributed by atoms with Gasteiger partial charge in [0.1, 0.15) is 5.54 Å². The Morgan fingerprint density at radius 3 is 2.42 bits per heavy atom. The minimum atomic E-state index is -1.03. The zero-order chi connectivity index (χ0) is 14.8. The number of nitrogens with zero attached hydrogens (tertiary/aromatic N) is 1. The molecule has 0 radical (unpaired) electrons. The summed E-state index contributed by atoms with van der Waals surface area (Å²) in [5, 5.41) is 11.9. The molecule has 108 valence electrons. The van der Waals surface area contributed by atoms with Gasteiger partial charge in [-0.05, 0) is 26.8 Å². The van der Waals surface area contributed by atoms with Crippen LogP contribution in [0.3, 0.4) is 0 Å². The van der Waals surface area contributed by atoms with E-state index in [4.69, 9.17) is 5.11 Å². The lowest BCUT2D eigenvalue weighted by atomic mass is 9.92. The molecule has 0 spiro atoms. The first-order valence-corrected chi connectivity index (χ1v) is 6.41. The highest BCUT2D eigenvalue weighted by Crippen LogP contribution is 2.31. The Labute approximate surface area is 113 Å². The van der Waals surface area contributed by atoms with E-state index in [2.05, 4.69) is 5.32 Å². The van der Waals surface area contributed by atoms with Crippen LogP contribution in [0.2, 0.25) is 0 Å². The van der Waals surface area contributed by atoms with Crippen molar-refractivity contribution in [1.29, 1.82) is 0 Å². The molecule has 0 aromatic carbocycles. The van der Waals surface area contributed by atoms with Gasteiger partial charge in [0.2, 0.25) is 11.8 Å². The fourth-order valence-corrected chi connectivity index (χ4v) is 2.18. The maximum atomic E-state index is 12.0. The van der Waals surface area contributed by atoms with Gasteiger partial charge in [-0.25, -0.2) is 0 Å². The minimum Gasteiger partial charge on any atom is -0.480 e. The molecule has 6 heteroatoms. The summed E-state index contributed by atoms with van der Waals surface area (Å²) in [4.78, 5) is 36.1. The number of carboxylic acids is 1. The van der Waals surface area contributed by atoms with Gasteiger partial charge in [0.05, 0.1) is 5.41 Å². The summed E-state index contributed by atoms with van der Waals surface area (Å²) >= 11 is 0. The van der Waals surface area contributed by atoms with Crippen molar-refractivity contribution in [2.75, 3.05) is 13.6 Å². The summed E-state index contributed by atoms with van der Waals surface area (Å²) in [7, 11) is 1.59. The van der Waals surface area contributed by atoms with Gasteiger partial charge in [-0.2, -0.15) is 0 Å². The number of aliphatic carboxylic acids is 1. The van der Waals surface area contributed by atoms with Crippen LogP contribution in [0.4, 0.5) is 0 Å². The molecule has 1 unspecified atom stereocenters. The summed E-state index contributed by atoms with van der Waals surface area (Å²) in [5.41, 5.74) is -1.66. The summed E-state index contributed by atoms with van der Waals surface area (Å²) in [5.74, 6) is -1.27. The number of hydrogen-bond donors (Lipinski definition) is 2. The van der Waals surface area contributed by atoms with Gasteiger partial charge in [-0.15, -0.1) is 0 Å². The topological polar surface area (TPSA) is 86.7 Å². The third-order valence-electron chi connectivity index (χ3n) is 3.80. The predicted octanol–water partition coefficient (Wildman–Crippen LogP) is 0.614. The van der Waals surface area contributed by atoms with Crippen molar-refractivity contribution >= 4 is 17.8 Å². The Hall–Kier alpha value is -1.43. The average Bonchev–Trinajstić information content (AvgIpc) is 2.50. The minimum absolute atomic E-state index is 0.168. The van der Waals surface area contributed by atoms with Crippen LogP contribution >= 0.6 is 0 Å². The van der Waals surface area contributed by atoms with Gasteiger partial charge in [0, 0.05) is 13.0 Å². The first-order valence-electron chi connectivity index (χ1n) is 6.41. The van der Waals surface area contributed by atoms with Crippen LogP contribution in [0.15, 0.2) is 0 Å². The van der Waals surface area contributed by atoms with E-state index in [1.54, 1.807) is 27.8 Å². The molecule has 0 saturated carbocycles. The Bertz CT molecular complexity index is 405.